The maximum absolute atomic E-state index is 10.7. The fourth-order valence-corrected chi connectivity index (χ4v) is 3.04. The van der Waals surface area contributed by atoms with Crippen LogP contribution in [0.1, 0.15) is 39.0 Å². The topological polar surface area (TPSA) is 46.5 Å². The minimum atomic E-state index is -0.657. The van der Waals surface area contributed by atoms with Crippen LogP contribution in [0, 0.1) is 11.8 Å². The summed E-state index contributed by atoms with van der Waals surface area (Å²) in [6.45, 7) is 2.09. The van der Waals surface area contributed by atoms with E-state index in [0.717, 1.165) is 25.7 Å². The molecule has 14 heavy (non-hydrogen) atoms. The minimum absolute atomic E-state index is 0.331. The van der Waals surface area contributed by atoms with Crippen molar-refractivity contribution >= 4 is 5.97 Å². The highest BCUT2D eigenvalue weighted by molar-refractivity contribution is 5.67. The molecule has 1 aliphatic carbocycles. The van der Waals surface area contributed by atoms with Gasteiger partial charge >= 0.3 is 5.97 Å². The molecule has 0 unspecified atom stereocenters. The molecule has 2 rings (SSSR count). The van der Waals surface area contributed by atoms with E-state index in [-0.39, 0.29) is 0 Å². The van der Waals surface area contributed by atoms with E-state index in [0.29, 0.717) is 30.5 Å². The van der Waals surface area contributed by atoms with Gasteiger partial charge in [0.2, 0.25) is 0 Å². The second kappa shape index (κ2) is 3.89. The SMILES string of the molecule is C[C@@H]1C[C@@H]2[C@@H](CC(=O)O)CCC[C@@H]2O1. The molecule has 0 aromatic carbocycles. The van der Waals surface area contributed by atoms with Crippen molar-refractivity contribution in [2.75, 3.05) is 0 Å². The Hall–Kier alpha value is -0.570. The molecular formula is C11H18O3. The van der Waals surface area contributed by atoms with E-state index >= 15 is 0 Å². The molecule has 0 amide bonds. The fourth-order valence-electron chi connectivity index (χ4n) is 3.04. The molecule has 1 N–H and O–H groups in total. The first-order chi connectivity index (χ1) is 6.66. The molecule has 1 saturated carbocycles. The highest BCUT2D eigenvalue weighted by Crippen LogP contribution is 2.42. The van der Waals surface area contributed by atoms with Gasteiger partial charge in [-0.2, -0.15) is 0 Å². The summed E-state index contributed by atoms with van der Waals surface area (Å²) in [7, 11) is 0. The second-order valence-corrected chi connectivity index (χ2v) is 4.67. The van der Waals surface area contributed by atoms with Crippen molar-refractivity contribution in [1.82, 2.24) is 0 Å². The second-order valence-electron chi connectivity index (χ2n) is 4.67. The number of carbonyl (C=O) groups is 1. The summed E-state index contributed by atoms with van der Waals surface area (Å²) in [6.07, 6.45) is 5.41. The Morgan fingerprint density at radius 1 is 1.50 bits per heavy atom. The Balaban J connectivity index is 2.00. The molecule has 0 aromatic heterocycles. The summed E-state index contributed by atoms with van der Waals surface area (Å²) in [4.78, 5) is 10.7. The summed E-state index contributed by atoms with van der Waals surface area (Å²) >= 11 is 0. The average Bonchev–Trinajstić information content (AvgIpc) is 2.45. The van der Waals surface area contributed by atoms with E-state index in [1.165, 1.54) is 0 Å². The summed E-state index contributed by atoms with van der Waals surface area (Å²) in [5.41, 5.74) is 0. The summed E-state index contributed by atoms with van der Waals surface area (Å²) in [5, 5.41) is 8.81. The first-order valence-corrected chi connectivity index (χ1v) is 5.54. The highest BCUT2D eigenvalue weighted by atomic mass is 16.5. The van der Waals surface area contributed by atoms with Crippen LogP contribution in [0.25, 0.3) is 0 Å². The van der Waals surface area contributed by atoms with Gasteiger partial charge in [0.1, 0.15) is 0 Å². The number of carboxylic acid groups (broad SMARTS) is 1. The van der Waals surface area contributed by atoms with Crippen LogP contribution in [0.5, 0.6) is 0 Å². The van der Waals surface area contributed by atoms with E-state index in [9.17, 15) is 4.79 Å². The Morgan fingerprint density at radius 2 is 2.29 bits per heavy atom. The van der Waals surface area contributed by atoms with Gasteiger partial charge in [-0.05, 0) is 38.0 Å². The summed E-state index contributed by atoms with van der Waals surface area (Å²) in [5.74, 6) is 0.209. The van der Waals surface area contributed by atoms with Crippen molar-refractivity contribution in [2.24, 2.45) is 11.8 Å². The molecule has 80 valence electrons. The van der Waals surface area contributed by atoms with Crippen molar-refractivity contribution in [3.63, 3.8) is 0 Å². The van der Waals surface area contributed by atoms with Crippen LogP contribution in [0.3, 0.4) is 0 Å². The van der Waals surface area contributed by atoms with E-state index in [2.05, 4.69) is 6.92 Å². The molecule has 0 radical (unpaired) electrons. The molecule has 4 atom stereocenters. The minimum Gasteiger partial charge on any atom is -0.481 e. The molecule has 3 heteroatoms. The maximum atomic E-state index is 10.7. The van der Waals surface area contributed by atoms with E-state index in [1.807, 2.05) is 0 Å². The van der Waals surface area contributed by atoms with Gasteiger partial charge in [-0.15, -0.1) is 0 Å². The lowest BCUT2D eigenvalue weighted by Gasteiger charge is -2.31. The summed E-state index contributed by atoms with van der Waals surface area (Å²) < 4.78 is 5.78. The Kier molecular flexibility index (Phi) is 2.77. The highest BCUT2D eigenvalue weighted by Gasteiger charge is 2.40. The molecule has 2 aliphatic rings. The largest absolute Gasteiger partial charge is 0.481 e. The molecule has 1 heterocycles. The van der Waals surface area contributed by atoms with Crippen molar-refractivity contribution in [3.8, 4) is 0 Å². The van der Waals surface area contributed by atoms with Gasteiger partial charge in [0.05, 0.1) is 12.2 Å². The lowest BCUT2D eigenvalue weighted by molar-refractivity contribution is -0.139. The Bertz CT molecular complexity index is 227. The van der Waals surface area contributed by atoms with Crippen LogP contribution in [0.15, 0.2) is 0 Å². The maximum Gasteiger partial charge on any atom is 0.303 e. The first-order valence-electron chi connectivity index (χ1n) is 5.54. The number of rotatable bonds is 2. The molecular weight excluding hydrogens is 180 g/mol. The van der Waals surface area contributed by atoms with Gasteiger partial charge in [0, 0.05) is 6.42 Å². The van der Waals surface area contributed by atoms with E-state index < -0.39 is 5.97 Å². The Morgan fingerprint density at radius 3 is 3.00 bits per heavy atom. The molecule has 0 spiro atoms. The standard InChI is InChI=1S/C11H18O3/c1-7-5-9-8(6-11(12)13)3-2-4-10(9)14-7/h7-10H,2-6H2,1H3,(H,12,13)/t7-,8-,9-,10+/m1/s1. The fraction of sp³-hybridized carbons (Fsp3) is 0.909. The third-order valence-electron chi connectivity index (χ3n) is 3.59. The summed E-state index contributed by atoms with van der Waals surface area (Å²) in [6, 6.07) is 0. The number of hydrogen-bond donors (Lipinski definition) is 1. The number of carboxylic acids is 1. The van der Waals surface area contributed by atoms with Crippen LogP contribution in [-0.2, 0) is 9.53 Å². The predicted octanol–water partition coefficient (Wildman–Crippen LogP) is 2.05. The van der Waals surface area contributed by atoms with Gasteiger partial charge in [0.15, 0.2) is 0 Å². The van der Waals surface area contributed by atoms with Crippen LogP contribution < -0.4 is 0 Å². The van der Waals surface area contributed by atoms with Gasteiger partial charge in [0.25, 0.3) is 0 Å². The monoisotopic (exact) mass is 198 g/mol. The van der Waals surface area contributed by atoms with Crippen LogP contribution >= 0.6 is 0 Å². The van der Waals surface area contributed by atoms with Gasteiger partial charge in [-0.1, -0.05) is 6.42 Å². The zero-order chi connectivity index (χ0) is 10.1. The zero-order valence-electron chi connectivity index (χ0n) is 8.61. The Labute approximate surface area is 84.4 Å². The smallest absolute Gasteiger partial charge is 0.303 e. The third-order valence-corrected chi connectivity index (χ3v) is 3.59. The van der Waals surface area contributed by atoms with Gasteiger partial charge in [-0.25, -0.2) is 0 Å². The number of hydrogen-bond acceptors (Lipinski definition) is 2. The van der Waals surface area contributed by atoms with Gasteiger partial charge in [-0.3, -0.25) is 4.79 Å². The number of fused-ring (bicyclic) bond motifs is 1. The lowest BCUT2D eigenvalue weighted by atomic mass is 9.75. The third kappa shape index (κ3) is 1.92. The molecule has 3 nitrogen and oxygen atoms in total. The number of ether oxygens (including phenoxy) is 1. The van der Waals surface area contributed by atoms with Crippen LogP contribution in [-0.4, -0.2) is 23.3 Å². The lowest BCUT2D eigenvalue weighted by Crippen LogP contribution is -2.30. The number of aliphatic carboxylic acids is 1. The molecule has 2 fully saturated rings. The van der Waals surface area contributed by atoms with Crippen molar-refractivity contribution < 1.29 is 14.6 Å². The molecule has 1 aliphatic heterocycles. The predicted molar refractivity (Wildman–Crippen MR) is 52.0 cm³/mol. The van der Waals surface area contributed by atoms with Crippen LogP contribution in [0.2, 0.25) is 0 Å². The molecule has 0 bridgehead atoms. The van der Waals surface area contributed by atoms with Crippen molar-refractivity contribution in [1.29, 1.82) is 0 Å². The first kappa shape index (κ1) is 9.97. The van der Waals surface area contributed by atoms with Crippen LogP contribution in [0.4, 0.5) is 0 Å². The quantitative estimate of drug-likeness (QED) is 0.738. The van der Waals surface area contributed by atoms with Crippen molar-refractivity contribution in [3.05, 3.63) is 0 Å². The van der Waals surface area contributed by atoms with Crippen molar-refractivity contribution in [2.45, 2.75) is 51.2 Å². The molecule has 1 saturated heterocycles. The van der Waals surface area contributed by atoms with E-state index in [1.54, 1.807) is 0 Å². The van der Waals surface area contributed by atoms with Gasteiger partial charge < -0.3 is 9.84 Å². The normalized spacial score (nSPS) is 42.1. The molecule has 0 aromatic rings. The zero-order valence-corrected chi connectivity index (χ0v) is 8.61. The average molecular weight is 198 g/mol. The van der Waals surface area contributed by atoms with E-state index in [4.69, 9.17) is 9.84 Å².